The van der Waals surface area contributed by atoms with Gasteiger partial charge in [-0.2, -0.15) is 0 Å². The van der Waals surface area contributed by atoms with Crippen LogP contribution < -0.4 is 10.6 Å². The first-order chi connectivity index (χ1) is 18.4. The number of hydrogen-bond donors (Lipinski definition) is 2. The number of para-hydroxylation sites is 1. The second-order valence-corrected chi connectivity index (χ2v) is 11.2. The third-order valence-corrected chi connectivity index (χ3v) is 6.32. The smallest absolute Gasteiger partial charge is 0.408 e. The number of hydrogen-bond acceptors (Lipinski definition) is 4. The van der Waals surface area contributed by atoms with E-state index in [0.717, 1.165) is 30.4 Å². The number of anilines is 1. The Balaban J connectivity index is 2.57. The highest BCUT2D eigenvalue weighted by atomic mass is 16.6. The minimum Gasteiger partial charge on any atom is -0.444 e. The van der Waals surface area contributed by atoms with E-state index in [1.165, 1.54) is 0 Å². The van der Waals surface area contributed by atoms with E-state index in [1.54, 1.807) is 31.7 Å². The second-order valence-electron chi connectivity index (χ2n) is 11.2. The van der Waals surface area contributed by atoms with Crippen LogP contribution in [0.1, 0.15) is 83.5 Å². The molecule has 0 aromatic heterocycles. The molecule has 0 aliphatic heterocycles. The first kappa shape index (κ1) is 31.6. The molecule has 0 heterocycles. The quantitative estimate of drug-likeness (QED) is 0.290. The van der Waals surface area contributed by atoms with Gasteiger partial charge in [0.15, 0.2) is 0 Å². The molecule has 2 unspecified atom stereocenters. The van der Waals surface area contributed by atoms with Crippen LogP contribution >= 0.6 is 0 Å². The number of ether oxygens (including phenoxy) is 1. The zero-order chi connectivity index (χ0) is 29.2. The second kappa shape index (κ2) is 14.5. The molecule has 7 nitrogen and oxygen atoms in total. The number of nitrogens with zero attached hydrogens (tertiary/aromatic N) is 1. The molecule has 2 rings (SSSR count). The number of carbonyl (C=O) groups is 3. The molecular formula is C32H45N3O4. The van der Waals surface area contributed by atoms with Crippen LogP contribution in [0.5, 0.6) is 0 Å². The number of aryl methyl sites for hydroxylation is 1. The fraction of sp³-hybridized carbons (Fsp3) is 0.469. The van der Waals surface area contributed by atoms with Gasteiger partial charge in [-0.1, -0.05) is 82.7 Å². The van der Waals surface area contributed by atoms with Crippen LogP contribution in [0.3, 0.4) is 0 Å². The monoisotopic (exact) mass is 535 g/mol. The van der Waals surface area contributed by atoms with Gasteiger partial charge >= 0.3 is 6.09 Å². The molecule has 7 heteroatoms. The van der Waals surface area contributed by atoms with Crippen molar-refractivity contribution in [2.24, 2.45) is 5.92 Å². The molecule has 0 radical (unpaired) electrons. The number of nitrogens with one attached hydrogen (secondary N) is 2. The first-order valence-corrected chi connectivity index (χ1v) is 13.8. The van der Waals surface area contributed by atoms with Crippen LogP contribution in [-0.2, 0) is 14.3 Å². The summed E-state index contributed by atoms with van der Waals surface area (Å²) in [5.41, 5.74) is 2.40. The Morgan fingerprint density at radius 2 is 1.74 bits per heavy atom. The summed E-state index contributed by atoms with van der Waals surface area (Å²) in [5, 5.41) is 5.81. The fourth-order valence-electron chi connectivity index (χ4n) is 4.27. The van der Waals surface area contributed by atoms with E-state index < -0.39 is 23.8 Å². The highest BCUT2D eigenvalue weighted by Gasteiger charge is 2.37. The van der Waals surface area contributed by atoms with Crippen molar-refractivity contribution in [2.45, 2.75) is 85.4 Å². The van der Waals surface area contributed by atoms with Crippen LogP contribution in [-0.4, -0.2) is 41.0 Å². The molecule has 2 atom stereocenters. The van der Waals surface area contributed by atoms with E-state index in [4.69, 9.17) is 4.74 Å². The van der Waals surface area contributed by atoms with E-state index in [1.807, 2.05) is 69.3 Å². The minimum absolute atomic E-state index is 0.238. The summed E-state index contributed by atoms with van der Waals surface area (Å²) in [6.07, 6.45) is 3.61. The fourth-order valence-corrected chi connectivity index (χ4v) is 4.27. The van der Waals surface area contributed by atoms with Crippen molar-refractivity contribution in [1.82, 2.24) is 10.2 Å². The van der Waals surface area contributed by atoms with Crippen LogP contribution in [0, 0.1) is 12.8 Å². The number of alkyl carbamates (subject to hydrolysis) is 1. The van der Waals surface area contributed by atoms with E-state index >= 15 is 0 Å². The molecule has 0 saturated heterocycles. The molecule has 212 valence electrons. The lowest BCUT2D eigenvalue weighted by Crippen LogP contribution is -2.54. The summed E-state index contributed by atoms with van der Waals surface area (Å²) >= 11 is 0. The van der Waals surface area contributed by atoms with Crippen molar-refractivity contribution in [3.8, 4) is 0 Å². The maximum absolute atomic E-state index is 14.2. The van der Waals surface area contributed by atoms with Crippen molar-refractivity contribution in [3.63, 3.8) is 0 Å². The first-order valence-electron chi connectivity index (χ1n) is 13.8. The van der Waals surface area contributed by atoms with Gasteiger partial charge in [-0.15, -0.1) is 0 Å². The lowest BCUT2D eigenvalue weighted by atomic mass is 9.97. The zero-order valence-corrected chi connectivity index (χ0v) is 24.5. The molecule has 0 spiro atoms. The van der Waals surface area contributed by atoms with E-state index in [2.05, 4.69) is 24.1 Å². The molecule has 2 N–H and O–H groups in total. The summed E-state index contributed by atoms with van der Waals surface area (Å²) < 4.78 is 5.45. The van der Waals surface area contributed by atoms with Gasteiger partial charge in [-0.25, -0.2) is 4.79 Å². The topological polar surface area (TPSA) is 87.7 Å². The van der Waals surface area contributed by atoms with Gasteiger partial charge in [0.2, 0.25) is 5.91 Å². The summed E-state index contributed by atoms with van der Waals surface area (Å²) in [6.45, 7) is 17.3. The van der Waals surface area contributed by atoms with E-state index in [9.17, 15) is 14.4 Å². The molecule has 0 aliphatic carbocycles. The molecule has 0 fully saturated rings. The van der Waals surface area contributed by atoms with Gasteiger partial charge in [0, 0.05) is 12.2 Å². The maximum atomic E-state index is 14.2. The summed E-state index contributed by atoms with van der Waals surface area (Å²) in [7, 11) is 0. The zero-order valence-electron chi connectivity index (χ0n) is 24.5. The SMILES string of the molecule is C=Cc1cccc(C(C(=O)Nc2ccccc2C)N(CCCCC)C(=O)C(NC(=O)OC(C)(C)C)C(C)C)c1. The Kier molecular flexibility index (Phi) is 11.8. The van der Waals surface area contributed by atoms with Crippen molar-refractivity contribution >= 4 is 29.7 Å². The summed E-state index contributed by atoms with van der Waals surface area (Å²) in [4.78, 5) is 42.5. The molecule has 2 aromatic carbocycles. The van der Waals surface area contributed by atoms with Crippen LogP contribution in [0.15, 0.2) is 55.1 Å². The molecule has 39 heavy (non-hydrogen) atoms. The Morgan fingerprint density at radius 1 is 1.05 bits per heavy atom. The van der Waals surface area contributed by atoms with Crippen LogP contribution in [0.4, 0.5) is 10.5 Å². The number of amides is 3. The number of benzene rings is 2. The molecule has 0 aliphatic rings. The molecule has 2 aromatic rings. The van der Waals surface area contributed by atoms with Crippen molar-refractivity contribution in [2.75, 3.05) is 11.9 Å². The Labute approximate surface area is 234 Å². The minimum atomic E-state index is -0.921. The standard InChI is InChI=1S/C32H45N3O4/c1-9-11-14-20-35(30(37)27(22(3)4)34-31(38)39-32(6,7)8)28(25-18-15-17-24(10-2)21-25)29(36)33-26-19-13-12-16-23(26)5/h10,12-13,15-19,21-22,27-28H,2,9,11,14,20H2,1,3-8H3,(H,33,36)(H,34,38). The Bertz CT molecular complexity index is 1140. The van der Waals surface area contributed by atoms with Gasteiger partial charge in [-0.05, 0) is 68.9 Å². The predicted molar refractivity (Wildman–Crippen MR) is 158 cm³/mol. The molecule has 3 amide bonds. The Morgan fingerprint density at radius 3 is 2.33 bits per heavy atom. The van der Waals surface area contributed by atoms with Crippen LogP contribution in [0.2, 0.25) is 0 Å². The maximum Gasteiger partial charge on any atom is 0.408 e. The average Bonchev–Trinajstić information content (AvgIpc) is 2.86. The highest BCUT2D eigenvalue weighted by Crippen LogP contribution is 2.28. The van der Waals surface area contributed by atoms with Gasteiger partial charge in [-0.3, -0.25) is 9.59 Å². The van der Waals surface area contributed by atoms with Crippen molar-refractivity contribution in [1.29, 1.82) is 0 Å². The summed E-state index contributed by atoms with van der Waals surface area (Å²) in [5.74, 6) is -0.894. The van der Waals surface area contributed by atoms with Gasteiger partial charge in [0.1, 0.15) is 17.7 Å². The van der Waals surface area contributed by atoms with E-state index in [0.29, 0.717) is 17.8 Å². The van der Waals surface area contributed by atoms with E-state index in [-0.39, 0.29) is 17.7 Å². The van der Waals surface area contributed by atoms with Crippen molar-refractivity contribution < 1.29 is 19.1 Å². The van der Waals surface area contributed by atoms with Crippen molar-refractivity contribution in [3.05, 3.63) is 71.8 Å². The van der Waals surface area contributed by atoms with Gasteiger partial charge in [0.25, 0.3) is 5.91 Å². The lowest BCUT2D eigenvalue weighted by molar-refractivity contribution is -0.141. The molecular weight excluding hydrogens is 490 g/mol. The normalized spacial score (nSPS) is 12.8. The van der Waals surface area contributed by atoms with Gasteiger partial charge in [0.05, 0.1) is 0 Å². The predicted octanol–water partition coefficient (Wildman–Crippen LogP) is 6.89. The third-order valence-electron chi connectivity index (χ3n) is 6.32. The number of rotatable bonds is 12. The lowest BCUT2D eigenvalue weighted by Gasteiger charge is -2.36. The molecule has 0 bridgehead atoms. The third kappa shape index (κ3) is 9.57. The number of unbranched alkanes of at least 4 members (excludes halogenated alkanes) is 2. The molecule has 0 saturated carbocycles. The largest absolute Gasteiger partial charge is 0.444 e. The van der Waals surface area contributed by atoms with Gasteiger partial charge < -0.3 is 20.3 Å². The average molecular weight is 536 g/mol. The highest BCUT2D eigenvalue weighted by molar-refractivity contribution is 5.99. The van der Waals surface area contributed by atoms with Crippen LogP contribution in [0.25, 0.3) is 6.08 Å². The Hall–Kier alpha value is -3.61. The summed E-state index contributed by atoms with van der Waals surface area (Å²) in [6, 6.07) is 13.2. The number of carbonyl (C=O) groups excluding carboxylic acids is 3.